The lowest BCUT2D eigenvalue weighted by Crippen LogP contribution is -2.17. The van der Waals surface area contributed by atoms with Gasteiger partial charge in [0.15, 0.2) is 4.77 Å². The number of hydrogen-bond donors (Lipinski definition) is 1. The van der Waals surface area contributed by atoms with Crippen molar-refractivity contribution >= 4 is 23.3 Å². The van der Waals surface area contributed by atoms with Gasteiger partial charge in [-0.15, -0.1) is 0 Å². The van der Waals surface area contributed by atoms with Crippen molar-refractivity contribution in [1.82, 2.24) is 24.3 Å². The predicted octanol–water partition coefficient (Wildman–Crippen LogP) is 3.13. The Morgan fingerprint density at radius 2 is 2.17 bits per heavy atom. The fraction of sp³-hybridized carbons (Fsp3) is 0.333. The molecule has 1 aliphatic carbocycles. The van der Waals surface area contributed by atoms with Gasteiger partial charge in [-0.1, -0.05) is 0 Å². The summed E-state index contributed by atoms with van der Waals surface area (Å²) < 4.78 is 30.6. The van der Waals surface area contributed by atoms with Crippen LogP contribution in [0.4, 0.5) is 8.78 Å². The summed E-state index contributed by atoms with van der Waals surface area (Å²) in [4.78, 5) is 19.2. The number of aryl methyl sites for hydroxylation is 1. The number of aromatic nitrogens is 5. The van der Waals surface area contributed by atoms with Crippen LogP contribution in [0.5, 0.6) is 0 Å². The molecule has 0 atom stereocenters. The Balaban J connectivity index is 2.13. The molecule has 0 aromatic carbocycles. The Morgan fingerprint density at radius 1 is 1.42 bits per heavy atom. The van der Waals surface area contributed by atoms with Gasteiger partial charge in [0.2, 0.25) is 0 Å². The number of hydrogen-bond acceptors (Lipinski definition) is 4. The molecule has 1 N–H and O–H groups in total. The van der Waals surface area contributed by atoms with E-state index in [9.17, 15) is 13.6 Å². The Bertz CT molecular complexity index is 1060. The normalized spacial score (nSPS) is 14.7. The minimum Gasteiger partial charge on any atom is -0.299 e. The number of nitrogens with one attached hydrogen (secondary N) is 1. The van der Waals surface area contributed by atoms with E-state index in [1.807, 2.05) is 0 Å². The molecule has 0 aliphatic heterocycles. The number of pyridine rings is 1. The van der Waals surface area contributed by atoms with Crippen molar-refractivity contribution in [2.45, 2.75) is 25.3 Å². The van der Waals surface area contributed by atoms with Gasteiger partial charge in [-0.2, -0.15) is 5.10 Å². The van der Waals surface area contributed by atoms with Crippen LogP contribution in [0.3, 0.4) is 0 Å². The van der Waals surface area contributed by atoms with E-state index in [0.717, 1.165) is 12.8 Å². The molecule has 3 heterocycles. The summed E-state index contributed by atoms with van der Waals surface area (Å²) in [6.45, 7) is 0. The van der Waals surface area contributed by atoms with Crippen molar-refractivity contribution in [3.8, 4) is 11.3 Å². The minimum atomic E-state index is -2.80. The van der Waals surface area contributed by atoms with Crippen LogP contribution in [0, 0.1) is 4.77 Å². The molecule has 0 spiro atoms. The van der Waals surface area contributed by atoms with E-state index in [1.54, 1.807) is 28.7 Å². The van der Waals surface area contributed by atoms with Gasteiger partial charge in [0.25, 0.3) is 12.0 Å². The maximum atomic E-state index is 13.6. The molecule has 1 saturated carbocycles. The van der Waals surface area contributed by atoms with Crippen LogP contribution in [0.25, 0.3) is 22.3 Å². The number of aromatic amines is 1. The molecule has 4 rings (SSSR count). The zero-order chi connectivity index (χ0) is 17.0. The number of fused-ring (bicyclic) bond motifs is 1. The number of H-pyrrole nitrogens is 1. The quantitative estimate of drug-likeness (QED) is 0.738. The first kappa shape index (κ1) is 15.1. The molecular weight excluding hydrogens is 336 g/mol. The van der Waals surface area contributed by atoms with Crippen LogP contribution in [-0.4, -0.2) is 24.3 Å². The van der Waals surface area contributed by atoms with Gasteiger partial charge < -0.3 is 0 Å². The van der Waals surface area contributed by atoms with Crippen molar-refractivity contribution in [1.29, 1.82) is 0 Å². The SMILES string of the molecule is Cn1cc(-c2cc(C(F)F)c3c(=O)[nH]c(=S)n(C4CC4)c3n2)cn1. The first-order valence-electron chi connectivity index (χ1n) is 7.42. The van der Waals surface area contributed by atoms with E-state index in [4.69, 9.17) is 12.2 Å². The zero-order valence-electron chi connectivity index (χ0n) is 12.7. The lowest BCUT2D eigenvalue weighted by molar-refractivity contribution is 0.153. The first-order chi connectivity index (χ1) is 11.5. The van der Waals surface area contributed by atoms with Gasteiger partial charge in [0, 0.05) is 30.4 Å². The maximum absolute atomic E-state index is 13.6. The Kier molecular flexibility index (Phi) is 3.34. The van der Waals surface area contributed by atoms with Crippen LogP contribution in [-0.2, 0) is 7.05 Å². The molecule has 0 radical (unpaired) electrons. The number of alkyl halides is 2. The zero-order valence-corrected chi connectivity index (χ0v) is 13.5. The van der Waals surface area contributed by atoms with Gasteiger partial charge in [-0.25, -0.2) is 13.8 Å². The van der Waals surface area contributed by atoms with Gasteiger partial charge in [-0.3, -0.25) is 19.0 Å². The third kappa shape index (κ3) is 2.35. The summed E-state index contributed by atoms with van der Waals surface area (Å²) in [5.74, 6) is 0. The molecule has 0 unspecified atom stereocenters. The summed E-state index contributed by atoms with van der Waals surface area (Å²) >= 11 is 5.22. The highest BCUT2D eigenvalue weighted by molar-refractivity contribution is 7.71. The fourth-order valence-corrected chi connectivity index (χ4v) is 3.15. The van der Waals surface area contributed by atoms with E-state index in [0.29, 0.717) is 11.3 Å². The minimum absolute atomic E-state index is 0.0963. The smallest absolute Gasteiger partial charge is 0.264 e. The first-order valence-corrected chi connectivity index (χ1v) is 7.83. The molecule has 0 saturated heterocycles. The van der Waals surface area contributed by atoms with E-state index in [2.05, 4.69) is 15.1 Å². The topological polar surface area (TPSA) is 68.5 Å². The van der Waals surface area contributed by atoms with Gasteiger partial charge in [0.05, 0.1) is 17.3 Å². The summed E-state index contributed by atoms with van der Waals surface area (Å²) in [5.41, 5.74) is 0.190. The second kappa shape index (κ2) is 5.30. The standard InChI is InChI=1S/C15H13F2N5OS/c1-21-6-7(5-18-21)10-4-9(12(16)17)11-13(19-10)22(8-2-3-8)15(24)20-14(11)23/h4-6,8,12H,2-3H2,1H3,(H,20,23,24). The van der Waals surface area contributed by atoms with Crippen LogP contribution >= 0.6 is 12.2 Å². The molecule has 124 valence electrons. The number of halogens is 2. The molecule has 3 aromatic heterocycles. The lowest BCUT2D eigenvalue weighted by atomic mass is 10.1. The molecule has 6 nitrogen and oxygen atoms in total. The van der Waals surface area contributed by atoms with Crippen molar-refractivity contribution in [2.75, 3.05) is 0 Å². The van der Waals surface area contributed by atoms with Crippen LogP contribution in [0.2, 0.25) is 0 Å². The molecular formula is C15H13F2N5OS. The number of nitrogens with zero attached hydrogens (tertiary/aromatic N) is 4. The predicted molar refractivity (Wildman–Crippen MR) is 86.6 cm³/mol. The molecule has 0 amide bonds. The largest absolute Gasteiger partial charge is 0.299 e. The van der Waals surface area contributed by atoms with Gasteiger partial charge >= 0.3 is 0 Å². The molecule has 1 fully saturated rings. The van der Waals surface area contributed by atoms with E-state index in [-0.39, 0.29) is 27.4 Å². The second-order valence-electron chi connectivity index (χ2n) is 5.86. The van der Waals surface area contributed by atoms with Crippen LogP contribution < -0.4 is 5.56 Å². The average Bonchev–Trinajstić information content (AvgIpc) is 3.26. The van der Waals surface area contributed by atoms with E-state index >= 15 is 0 Å². The third-order valence-corrected chi connectivity index (χ3v) is 4.37. The molecule has 24 heavy (non-hydrogen) atoms. The van der Waals surface area contributed by atoms with Gasteiger partial charge in [0.1, 0.15) is 5.65 Å². The average molecular weight is 349 g/mol. The Hall–Kier alpha value is -2.42. The van der Waals surface area contributed by atoms with Gasteiger partial charge in [-0.05, 0) is 31.1 Å². The summed E-state index contributed by atoms with van der Waals surface area (Å²) in [7, 11) is 1.73. The monoisotopic (exact) mass is 349 g/mol. The van der Waals surface area contributed by atoms with Crippen LogP contribution in [0.1, 0.15) is 30.9 Å². The second-order valence-corrected chi connectivity index (χ2v) is 6.25. The highest BCUT2D eigenvalue weighted by atomic mass is 32.1. The Labute approximate surface area is 139 Å². The Morgan fingerprint density at radius 3 is 2.75 bits per heavy atom. The molecule has 3 aromatic rings. The number of rotatable bonds is 3. The highest BCUT2D eigenvalue weighted by Crippen LogP contribution is 2.38. The van der Waals surface area contributed by atoms with E-state index < -0.39 is 12.0 Å². The van der Waals surface area contributed by atoms with Crippen molar-refractivity contribution < 1.29 is 8.78 Å². The highest BCUT2D eigenvalue weighted by Gasteiger charge is 2.28. The van der Waals surface area contributed by atoms with Crippen LogP contribution in [0.15, 0.2) is 23.3 Å². The summed E-state index contributed by atoms with van der Waals surface area (Å²) in [6.07, 6.45) is 2.21. The van der Waals surface area contributed by atoms with Crippen molar-refractivity contribution in [2.24, 2.45) is 7.05 Å². The maximum Gasteiger partial charge on any atom is 0.264 e. The van der Waals surface area contributed by atoms with Crippen molar-refractivity contribution in [3.63, 3.8) is 0 Å². The van der Waals surface area contributed by atoms with Crippen molar-refractivity contribution in [3.05, 3.63) is 39.1 Å². The third-order valence-electron chi connectivity index (χ3n) is 4.07. The molecule has 0 bridgehead atoms. The lowest BCUT2D eigenvalue weighted by Gasteiger charge is -2.13. The molecule has 1 aliphatic rings. The summed E-state index contributed by atoms with van der Waals surface area (Å²) in [6, 6.07) is 1.35. The summed E-state index contributed by atoms with van der Waals surface area (Å²) in [5, 5.41) is 3.95. The fourth-order valence-electron chi connectivity index (χ4n) is 2.82. The molecule has 9 heteroatoms. The van der Waals surface area contributed by atoms with E-state index in [1.165, 1.54) is 6.07 Å².